The Morgan fingerprint density at radius 1 is 0.976 bits per heavy atom. The minimum atomic E-state index is -0.374. The van der Waals surface area contributed by atoms with Gasteiger partial charge in [-0.2, -0.15) is 4.98 Å². The van der Waals surface area contributed by atoms with E-state index in [2.05, 4.69) is 15.4 Å². The van der Waals surface area contributed by atoms with Crippen molar-refractivity contribution in [1.29, 1.82) is 0 Å². The molecule has 0 aliphatic carbocycles. The van der Waals surface area contributed by atoms with Gasteiger partial charge < -0.3 is 14.8 Å². The molecule has 1 amide bonds. The molecule has 42 heavy (non-hydrogen) atoms. The van der Waals surface area contributed by atoms with Crippen molar-refractivity contribution in [1.82, 2.24) is 14.6 Å². The Morgan fingerprint density at radius 2 is 1.69 bits per heavy atom. The van der Waals surface area contributed by atoms with Crippen LogP contribution in [0.4, 0.5) is 26.5 Å². The lowest BCUT2D eigenvalue weighted by Crippen LogP contribution is -2.23. The Balaban J connectivity index is 1.15. The highest BCUT2D eigenvalue weighted by atomic mass is 19.1. The fourth-order valence-electron chi connectivity index (χ4n) is 4.85. The van der Waals surface area contributed by atoms with Gasteiger partial charge in [-0.1, -0.05) is 36.4 Å². The number of pyridine rings is 1. The number of Topliss-reactive ketones (excluding diaryl/α,β-unsaturated/α-hetero) is 1. The van der Waals surface area contributed by atoms with E-state index in [1.807, 2.05) is 61.7 Å². The van der Waals surface area contributed by atoms with E-state index in [9.17, 15) is 14.0 Å². The molecule has 212 valence electrons. The number of halogens is 1. The number of carbonyl (C=O) groups is 2. The molecule has 9 nitrogen and oxygen atoms in total. The summed E-state index contributed by atoms with van der Waals surface area (Å²) in [6.07, 6.45) is 2.10. The topological polar surface area (TPSA) is 98.1 Å². The molecule has 10 heteroatoms. The van der Waals surface area contributed by atoms with E-state index < -0.39 is 0 Å². The monoisotopic (exact) mass is 565 g/mol. The van der Waals surface area contributed by atoms with E-state index in [1.54, 1.807) is 27.6 Å². The van der Waals surface area contributed by atoms with Crippen molar-refractivity contribution >= 4 is 34.8 Å². The van der Waals surface area contributed by atoms with E-state index in [0.29, 0.717) is 54.9 Å². The number of fused-ring (bicyclic) bond motifs is 1. The SMILES string of the molecule is CCOc1cc(N2CCOC2=O)ccc1Nc1nc2ccc(-c3ccc(CC(=O)Cc4ccc(F)cc4)cc3)cn2n1. The first-order valence-corrected chi connectivity index (χ1v) is 13.7. The summed E-state index contributed by atoms with van der Waals surface area (Å²) in [7, 11) is 0. The number of ketones is 1. The average molecular weight is 566 g/mol. The van der Waals surface area contributed by atoms with Gasteiger partial charge in [0.1, 0.15) is 24.0 Å². The maximum atomic E-state index is 13.1. The van der Waals surface area contributed by atoms with Crippen LogP contribution in [0.2, 0.25) is 0 Å². The number of aromatic nitrogens is 3. The lowest BCUT2D eigenvalue weighted by Gasteiger charge is -2.16. The summed E-state index contributed by atoms with van der Waals surface area (Å²) >= 11 is 0. The molecule has 6 rings (SSSR count). The van der Waals surface area contributed by atoms with Gasteiger partial charge in [-0.15, -0.1) is 5.10 Å². The number of carbonyl (C=O) groups excluding carboxylic acids is 2. The fourth-order valence-corrected chi connectivity index (χ4v) is 4.85. The number of hydrogen-bond donors (Lipinski definition) is 1. The molecule has 0 atom stereocenters. The van der Waals surface area contributed by atoms with Crippen LogP contribution < -0.4 is 15.0 Å². The number of cyclic esters (lactones) is 1. The number of benzene rings is 3. The molecular weight excluding hydrogens is 537 g/mol. The molecule has 1 aliphatic rings. The zero-order valence-corrected chi connectivity index (χ0v) is 22.9. The molecule has 1 saturated heterocycles. The van der Waals surface area contributed by atoms with Gasteiger partial charge >= 0.3 is 6.09 Å². The molecule has 0 bridgehead atoms. The summed E-state index contributed by atoms with van der Waals surface area (Å²) < 4.78 is 25.7. The Bertz CT molecular complexity index is 1750. The predicted octanol–water partition coefficient (Wildman–Crippen LogP) is 5.99. The van der Waals surface area contributed by atoms with Crippen molar-refractivity contribution in [3.63, 3.8) is 0 Å². The molecule has 3 aromatic carbocycles. The maximum absolute atomic E-state index is 13.1. The van der Waals surface area contributed by atoms with Crippen LogP contribution in [0, 0.1) is 5.82 Å². The summed E-state index contributed by atoms with van der Waals surface area (Å²) in [5.74, 6) is 0.730. The molecule has 2 aromatic heterocycles. The molecule has 0 spiro atoms. The van der Waals surface area contributed by atoms with Gasteiger partial charge in [0.25, 0.3) is 0 Å². The van der Waals surface area contributed by atoms with Crippen LogP contribution in [0.25, 0.3) is 16.8 Å². The van der Waals surface area contributed by atoms with Gasteiger partial charge in [0, 0.05) is 30.7 Å². The highest BCUT2D eigenvalue weighted by molar-refractivity contribution is 5.90. The molecule has 1 N–H and O–H groups in total. The first kappa shape index (κ1) is 26.9. The third kappa shape index (κ3) is 5.92. The van der Waals surface area contributed by atoms with Gasteiger partial charge in [-0.05, 0) is 60.0 Å². The van der Waals surface area contributed by atoms with E-state index in [4.69, 9.17) is 9.47 Å². The highest BCUT2D eigenvalue weighted by Crippen LogP contribution is 2.33. The first-order valence-electron chi connectivity index (χ1n) is 13.7. The highest BCUT2D eigenvalue weighted by Gasteiger charge is 2.24. The van der Waals surface area contributed by atoms with Crippen molar-refractivity contribution < 1.29 is 23.5 Å². The number of hydrogen-bond acceptors (Lipinski definition) is 7. The predicted molar refractivity (Wildman–Crippen MR) is 157 cm³/mol. The number of rotatable bonds is 10. The van der Waals surface area contributed by atoms with E-state index in [-0.39, 0.29) is 24.1 Å². The van der Waals surface area contributed by atoms with E-state index >= 15 is 0 Å². The Labute approximate surface area is 241 Å². The van der Waals surface area contributed by atoms with Crippen LogP contribution in [0.15, 0.2) is 85.1 Å². The summed E-state index contributed by atoms with van der Waals surface area (Å²) in [5.41, 5.74) is 5.67. The molecule has 0 radical (unpaired) electrons. The molecule has 1 fully saturated rings. The van der Waals surface area contributed by atoms with Gasteiger partial charge in [-0.25, -0.2) is 13.7 Å². The summed E-state index contributed by atoms with van der Waals surface area (Å²) in [4.78, 5) is 30.6. The Morgan fingerprint density at radius 3 is 2.38 bits per heavy atom. The lowest BCUT2D eigenvalue weighted by atomic mass is 10.0. The Hall–Kier alpha value is -5.25. The quantitative estimate of drug-likeness (QED) is 0.222. The number of nitrogens with one attached hydrogen (secondary N) is 1. The number of amides is 1. The first-order chi connectivity index (χ1) is 20.4. The van der Waals surface area contributed by atoms with Gasteiger partial charge in [0.05, 0.1) is 24.5 Å². The van der Waals surface area contributed by atoms with Crippen molar-refractivity contribution in [3.05, 3.63) is 102 Å². The third-order valence-electron chi connectivity index (χ3n) is 6.92. The number of nitrogens with zero attached hydrogens (tertiary/aromatic N) is 4. The molecule has 0 unspecified atom stereocenters. The van der Waals surface area contributed by atoms with Crippen LogP contribution in [-0.2, 0) is 22.4 Å². The second-order valence-corrected chi connectivity index (χ2v) is 9.88. The minimum Gasteiger partial charge on any atom is -0.492 e. The number of anilines is 3. The van der Waals surface area contributed by atoms with Crippen molar-refractivity contribution in [2.75, 3.05) is 30.0 Å². The summed E-state index contributed by atoms with van der Waals surface area (Å²) in [5, 5.41) is 7.82. The largest absolute Gasteiger partial charge is 0.492 e. The molecule has 1 aliphatic heterocycles. The minimum absolute atomic E-state index is 0.0686. The molecule has 0 saturated carbocycles. The van der Waals surface area contributed by atoms with Gasteiger partial charge in [0.2, 0.25) is 5.95 Å². The zero-order chi connectivity index (χ0) is 29.1. The van der Waals surface area contributed by atoms with Crippen LogP contribution in [0.5, 0.6) is 5.75 Å². The molecular formula is C32H28FN5O4. The van der Waals surface area contributed by atoms with Crippen molar-refractivity contribution in [2.24, 2.45) is 0 Å². The van der Waals surface area contributed by atoms with Crippen LogP contribution >= 0.6 is 0 Å². The summed E-state index contributed by atoms with van der Waals surface area (Å²) in [6.45, 7) is 3.19. The van der Waals surface area contributed by atoms with Crippen molar-refractivity contribution in [2.45, 2.75) is 19.8 Å². The maximum Gasteiger partial charge on any atom is 0.414 e. The normalized spacial score (nSPS) is 12.9. The number of ether oxygens (including phenoxy) is 2. The lowest BCUT2D eigenvalue weighted by molar-refractivity contribution is -0.117. The summed E-state index contributed by atoms with van der Waals surface area (Å²) in [6, 6.07) is 23.2. The van der Waals surface area contributed by atoms with Crippen molar-refractivity contribution in [3.8, 4) is 16.9 Å². The second kappa shape index (κ2) is 11.7. The van der Waals surface area contributed by atoms with E-state index in [0.717, 1.165) is 22.3 Å². The molecule has 3 heterocycles. The van der Waals surface area contributed by atoms with E-state index in [1.165, 1.54) is 12.1 Å². The van der Waals surface area contributed by atoms with Crippen LogP contribution in [0.1, 0.15) is 18.1 Å². The van der Waals surface area contributed by atoms with Gasteiger partial charge in [-0.3, -0.25) is 9.69 Å². The fraction of sp³-hybridized carbons (Fsp3) is 0.188. The van der Waals surface area contributed by atoms with Gasteiger partial charge in [0.15, 0.2) is 5.65 Å². The average Bonchev–Trinajstić information content (AvgIpc) is 3.60. The van der Waals surface area contributed by atoms with Crippen LogP contribution in [-0.4, -0.2) is 46.2 Å². The van der Waals surface area contributed by atoms with Crippen LogP contribution in [0.3, 0.4) is 0 Å². The molecule has 5 aromatic rings. The third-order valence-corrected chi connectivity index (χ3v) is 6.92. The Kier molecular flexibility index (Phi) is 7.50. The standard InChI is InChI=1S/C32H28FN5O4/c1-2-41-29-19-26(37-15-16-42-32(37)40)12-13-28(29)34-31-35-30-14-9-24(20-38(30)36-31)23-7-3-21(4-8-23)17-27(39)18-22-5-10-25(33)11-6-22/h3-14,19-20H,2,15-18H2,1H3,(H,34,36). The zero-order valence-electron chi connectivity index (χ0n) is 22.9. The second-order valence-electron chi connectivity index (χ2n) is 9.88. The smallest absolute Gasteiger partial charge is 0.414 e.